The Morgan fingerprint density at radius 2 is 2.00 bits per heavy atom. The van der Waals surface area contributed by atoms with E-state index in [1.54, 1.807) is 13.0 Å². The van der Waals surface area contributed by atoms with Crippen molar-refractivity contribution in [3.63, 3.8) is 0 Å². The Balaban J connectivity index is 1.78. The third-order valence-corrected chi connectivity index (χ3v) is 6.96. The summed E-state index contributed by atoms with van der Waals surface area (Å²) in [5.74, 6) is -1.82. The molecule has 0 aliphatic heterocycles. The van der Waals surface area contributed by atoms with Crippen LogP contribution < -0.4 is 5.32 Å². The third kappa shape index (κ3) is 5.40. The number of fused-ring (bicyclic) bond motifs is 1. The van der Waals surface area contributed by atoms with Crippen LogP contribution in [0.5, 0.6) is 0 Å². The van der Waals surface area contributed by atoms with Gasteiger partial charge in [0.1, 0.15) is 10.0 Å². The second-order valence-electron chi connectivity index (χ2n) is 6.84. The number of hydrogen-bond acceptors (Lipinski definition) is 7. The molecule has 0 aromatic carbocycles. The molecule has 2 aromatic heterocycles. The number of carboxylic acids is 1. The van der Waals surface area contributed by atoms with E-state index < -0.39 is 11.9 Å². The van der Waals surface area contributed by atoms with Crippen molar-refractivity contribution in [2.24, 2.45) is 0 Å². The Morgan fingerprint density at radius 1 is 1.23 bits per heavy atom. The highest BCUT2D eigenvalue weighted by atomic mass is 32.2. The second kappa shape index (κ2) is 10.6. The number of amides is 1. The highest BCUT2D eigenvalue weighted by Gasteiger charge is 2.26. The SMILES string of the molecule is CCOC(=O)c1c(NC(=O)CSc2ncccc2C(=O)O)sc2c1CCCCCC2. The van der Waals surface area contributed by atoms with Crippen LogP contribution in [-0.2, 0) is 22.4 Å². The first kappa shape index (κ1) is 22.3. The number of pyridine rings is 1. The number of ether oxygens (including phenoxy) is 1. The van der Waals surface area contributed by atoms with Gasteiger partial charge >= 0.3 is 11.9 Å². The first-order chi connectivity index (χ1) is 14.5. The first-order valence-electron chi connectivity index (χ1n) is 9.93. The van der Waals surface area contributed by atoms with Crippen LogP contribution in [0.4, 0.5) is 5.00 Å². The van der Waals surface area contributed by atoms with Gasteiger partial charge in [-0.15, -0.1) is 11.3 Å². The normalized spacial score (nSPS) is 13.6. The van der Waals surface area contributed by atoms with Crippen molar-refractivity contribution in [1.29, 1.82) is 0 Å². The van der Waals surface area contributed by atoms with Crippen molar-refractivity contribution in [3.05, 3.63) is 39.9 Å². The van der Waals surface area contributed by atoms with Crippen LogP contribution in [0.3, 0.4) is 0 Å². The summed E-state index contributed by atoms with van der Waals surface area (Å²) < 4.78 is 5.25. The topological polar surface area (TPSA) is 106 Å². The maximum Gasteiger partial charge on any atom is 0.341 e. The van der Waals surface area contributed by atoms with E-state index in [0.29, 0.717) is 10.6 Å². The van der Waals surface area contributed by atoms with E-state index in [2.05, 4.69) is 10.3 Å². The predicted molar refractivity (Wildman–Crippen MR) is 117 cm³/mol. The number of nitrogens with one attached hydrogen (secondary N) is 1. The number of thioether (sulfide) groups is 1. The predicted octanol–water partition coefficient (Wildman–Crippen LogP) is 4.41. The number of esters is 1. The highest BCUT2D eigenvalue weighted by Crippen LogP contribution is 2.37. The number of carbonyl (C=O) groups is 3. The molecule has 160 valence electrons. The fourth-order valence-corrected chi connectivity index (χ4v) is 5.47. The van der Waals surface area contributed by atoms with Gasteiger partial charge in [0.15, 0.2) is 0 Å². The summed E-state index contributed by atoms with van der Waals surface area (Å²) >= 11 is 2.50. The largest absolute Gasteiger partial charge is 0.478 e. The van der Waals surface area contributed by atoms with Gasteiger partial charge in [-0.05, 0) is 50.3 Å². The van der Waals surface area contributed by atoms with Gasteiger partial charge in [-0.1, -0.05) is 24.6 Å². The molecule has 30 heavy (non-hydrogen) atoms. The number of carboxylic acid groups (broad SMARTS) is 1. The Kier molecular flexibility index (Phi) is 7.87. The first-order valence-corrected chi connectivity index (χ1v) is 11.7. The van der Waals surface area contributed by atoms with Crippen LogP contribution in [0.15, 0.2) is 23.4 Å². The molecule has 1 aliphatic carbocycles. The van der Waals surface area contributed by atoms with Crippen LogP contribution in [0.2, 0.25) is 0 Å². The molecule has 0 unspecified atom stereocenters. The zero-order chi connectivity index (χ0) is 21.5. The summed E-state index contributed by atoms with van der Waals surface area (Å²) in [5.41, 5.74) is 1.53. The van der Waals surface area contributed by atoms with Gasteiger partial charge in [0.05, 0.1) is 23.5 Å². The fraction of sp³-hybridized carbons (Fsp3) is 0.429. The lowest BCUT2D eigenvalue weighted by Crippen LogP contribution is -2.17. The molecule has 3 rings (SSSR count). The molecule has 2 heterocycles. The van der Waals surface area contributed by atoms with E-state index >= 15 is 0 Å². The van der Waals surface area contributed by atoms with Crippen molar-refractivity contribution in [2.45, 2.75) is 50.5 Å². The van der Waals surface area contributed by atoms with Gasteiger partial charge in [-0.2, -0.15) is 0 Å². The molecule has 1 amide bonds. The molecule has 0 atom stereocenters. The van der Waals surface area contributed by atoms with Crippen molar-refractivity contribution in [3.8, 4) is 0 Å². The summed E-state index contributed by atoms with van der Waals surface area (Å²) in [7, 11) is 0. The zero-order valence-electron chi connectivity index (χ0n) is 16.7. The van der Waals surface area contributed by atoms with Gasteiger partial charge in [0, 0.05) is 11.1 Å². The van der Waals surface area contributed by atoms with E-state index in [0.717, 1.165) is 54.3 Å². The number of thiophene rings is 1. The average Bonchev–Trinajstić information content (AvgIpc) is 3.02. The van der Waals surface area contributed by atoms with Crippen LogP contribution in [-0.4, -0.2) is 40.3 Å². The Bertz CT molecular complexity index is 941. The molecule has 0 saturated carbocycles. The molecule has 1 aliphatic rings. The average molecular weight is 449 g/mol. The molecular formula is C21H24N2O5S2. The van der Waals surface area contributed by atoms with Gasteiger partial charge in [0.2, 0.25) is 5.91 Å². The smallest absolute Gasteiger partial charge is 0.341 e. The van der Waals surface area contributed by atoms with Gasteiger partial charge in [-0.3, -0.25) is 4.79 Å². The molecule has 9 heteroatoms. The molecule has 2 aromatic rings. The highest BCUT2D eigenvalue weighted by molar-refractivity contribution is 8.00. The van der Waals surface area contributed by atoms with Gasteiger partial charge in [-0.25, -0.2) is 14.6 Å². The Labute approximate surface area is 183 Å². The molecule has 7 nitrogen and oxygen atoms in total. The zero-order valence-corrected chi connectivity index (χ0v) is 18.4. The minimum absolute atomic E-state index is 0.0118. The summed E-state index contributed by atoms with van der Waals surface area (Å²) in [5, 5.41) is 12.9. The summed E-state index contributed by atoms with van der Waals surface area (Å²) in [6.07, 6.45) is 7.57. The van der Waals surface area contributed by atoms with Crippen molar-refractivity contribution < 1.29 is 24.2 Å². The lowest BCUT2D eigenvalue weighted by Gasteiger charge is -2.11. The fourth-order valence-electron chi connectivity index (χ4n) is 3.39. The number of hydrogen-bond donors (Lipinski definition) is 2. The minimum Gasteiger partial charge on any atom is -0.478 e. The number of anilines is 1. The molecular weight excluding hydrogens is 424 g/mol. The Morgan fingerprint density at radius 3 is 2.73 bits per heavy atom. The van der Waals surface area contributed by atoms with Gasteiger partial charge in [0.25, 0.3) is 0 Å². The minimum atomic E-state index is -1.09. The van der Waals surface area contributed by atoms with Crippen LogP contribution in [0, 0.1) is 0 Å². The van der Waals surface area contributed by atoms with Crippen molar-refractivity contribution in [2.75, 3.05) is 17.7 Å². The molecule has 0 fully saturated rings. The third-order valence-electron chi connectivity index (χ3n) is 4.75. The van der Waals surface area contributed by atoms with Gasteiger partial charge < -0.3 is 15.2 Å². The van der Waals surface area contributed by atoms with Crippen LogP contribution in [0.1, 0.15) is 63.8 Å². The number of aromatic carboxylic acids is 1. The number of rotatable bonds is 7. The lowest BCUT2D eigenvalue weighted by molar-refractivity contribution is -0.113. The maximum absolute atomic E-state index is 12.6. The molecule has 0 spiro atoms. The van der Waals surface area contributed by atoms with Crippen LogP contribution in [0.25, 0.3) is 0 Å². The monoisotopic (exact) mass is 448 g/mol. The van der Waals surface area contributed by atoms with Crippen LogP contribution >= 0.6 is 23.1 Å². The van der Waals surface area contributed by atoms with Crippen molar-refractivity contribution in [1.82, 2.24) is 4.98 Å². The van der Waals surface area contributed by atoms with E-state index in [9.17, 15) is 19.5 Å². The van der Waals surface area contributed by atoms with E-state index in [4.69, 9.17) is 4.74 Å². The lowest BCUT2D eigenvalue weighted by atomic mass is 9.96. The second-order valence-corrected chi connectivity index (χ2v) is 8.91. The Hall–Kier alpha value is -2.39. The van der Waals surface area contributed by atoms with Crippen molar-refractivity contribution >= 4 is 45.9 Å². The molecule has 0 saturated heterocycles. The molecule has 0 bridgehead atoms. The summed E-state index contributed by atoms with van der Waals surface area (Å²) in [4.78, 5) is 41.7. The molecule has 0 radical (unpaired) electrons. The standard InChI is InChI=1S/C21H24N2O5S2/c1-2-28-21(27)17-13-8-5-3-4-6-10-15(13)30-19(17)23-16(24)12-29-18-14(20(25)26)9-7-11-22-18/h7,9,11H,2-6,8,10,12H2,1H3,(H,23,24)(H,25,26). The number of aromatic nitrogens is 1. The van der Waals surface area contributed by atoms with E-state index in [-0.39, 0.29) is 28.9 Å². The van der Waals surface area contributed by atoms with E-state index in [1.165, 1.54) is 30.0 Å². The number of carbonyl (C=O) groups excluding carboxylic acids is 2. The number of nitrogens with zero attached hydrogens (tertiary/aromatic N) is 1. The number of aryl methyl sites for hydroxylation is 1. The quantitative estimate of drug-likeness (QED) is 0.477. The summed E-state index contributed by atoms with van der Waals surface area (Å²) in [6, 6.07) is 2.99. The van der Waals surface area contributed by atoms with E-state index in [1.807, 2.05) is 0 Å². The molecule has 2 N–H and O–H groups in total. The summed E-state index contributed by atoms with van der Waals surface area (Å²) in [6.45, 7) is 2.03. The maximum atomic E-state index is 12.6.